The maximum Gasteiger partial charge on any atom is 0.109 e. The Morgan fingerprint density at radius 3 is 2.42 bits per heavy atom. The van der Waals surface area contributed by atoms with Crippen molar-refractivity contribution in [1.82, 2.24) is 4.90 Å². The van der Waals surface area contributed by atoms with Crippen molar-refractivity contribution >= 4 is 23.0 Å². The van der Waals surface area contributed by atoms with Crippen LogP contribution >= 0.6 is 23.0 Å². The van der Waals surface area contributed by atoms with E-state index < -0.39 is 0 Å². The third-order valence-corrected chi connectivity index (χ3v) is 3.04. The Balaban J connectivity index is 2.20. The molecule has 0 N–H and O–H groups in total. The van der Waals surface area contributed by atoms with Crippen molar-refractivity contribution in [2.24, 2.45) is 5.92 Å². The molecule has 0 spiro atoms. The molecular weight excluding hydrogens is 265 g/mol. The summed E-state index contributed by atoms with van der Waals surface area (Å²) in [6.45, 7) is 7.99. The fraction of sp³-hybridized carbons (Fsp3) is 1.00. The molecule has 0 aliphatic carbocycles. The van der Waals surface area contributed by atoms with E-state index in [4.69, 9.17) is 3.07 Å². The quantitative estimate of drug-likeness (QED) is 0.738. The summed E-state index contributed by atoms with van der Waals surface area (Å²) in [5, 5.41) is 0. The molecule has 0 unspecified atom stereocenters. The van der Waals surface area contributed by atoms with E-state index in [1.165, 1.54) is 25.9 Å². The van der Waals surface area contributed by atoms with Crippen molar-refractivity contribution in [3.63, 3.8) is 0 Å². The van der Waals surface area contributed by atoms with Crippen LogP contribution in [-0.4, -0.2) is 30.6 Å². The maximum absolute atomic E-state index is 5.13. The Bertz CT molecular complexity index is 122. The molecule has 3 heteroatoms. The fourth-order valence-electron chi connectivity index (χ4n) is 1.73. The molecule has 0 bridgehead atoms. The first-order valence-electron chi connectivity index (χ1n) is 4.71. The van der Waals surface area contributed by atoms with Crippen molar-refractivity contribution in [2.45, 2.75) is 32.7 Å². The van der Waals surface area contributed by atoms with Crippen molar-refractivity contribution in [3.8, 4) is 0 Å². The van der Waals surface area contributed by atoms with Gasteiger partial charge in [-0.15, -0.1) is 0 Å². The van der Waals surface area contributed by atoms with Gasteiger partial charge >= 0.3 is 0 Å². The molecule has 1 rings (SSSR count). The van der Waals surface area contributed by atoms with Gasteiger partial charge in [0.2, 0.25) is 0 Å². The first-order valence-corrected chi connectivity index (χ1v) is 5.59. The maximum atomic E-state index is 5.13. The minimum Gasteiger partial charge on any atom is -0.316 e. The molecule has 0 aromatic heterocycles. The lowest BCUT2D eigenvalue weighted by Gasteiger charge is -2.34. The number of rotatable bonds is 3. The summed E-state index contributed by atoms with van der Waals surface area (Å²) in [6, 6.07) is 0.714. The van der Waals surface area contributed by atoms with Gasteiger partial charge in [0, 0.05) is 6.04 Å². The van der Waals surface area contributed by atoms with Gasteiger partial charge in [-0.05, 0) is 45.7 Å². The van der Waals surface area contributed by atoms with Crippen molar-refractivity contribution in [2.75, 3.05) is 19.7 Å². The highest BCUT2D eigenvalue weighted by atomic mass is 127. The van der Waals surface area contributed by atoms with Crippen molar-refractivity contribution < 1.29 is 3.07 Å². The van der Waals surface area contributed by atoms with Crippen LogP contribution in [0.15, 0.2) is 0 Å². The summed E-state index contributed by atoms with van der Waals surface area (Å²) in [5.41, 5.74) is 0. The van der Waals surface area contributed by atoms with Gasteiger partial charge in [0.25, 0.3) is 0 Å². The van der Waals surface area contributed by atoms with E-state index in [9.17, 15) is 0 Å². The Labute approximate surface area is 89.3 Å². The molecule has 1 aliphatic heterocycles. The van der Waals surface area contributed by atoms with E-state index in [-0.39, 0.29) is 0 Å². The molecule has 1 aliphatic rings. The van der Waals surface area contributed by atoms with Crippen LogP contribution in [0.25, 0.3) is 0 Å². The van der Waals surface area contributed by atoms with Gasteiger partial charge in [0.1, 0.15) is 23.0 Å². The lowest BCUT2D eigenvalue weighted by molar-refractivity contribution is 0.131. The summed E-state index contributed by atoms with van der Waals surface area (Å²) in [6.07, 6.45) is 2.61. The highest BCUT2D eigenvalue weighted by Crippen LogP contribution is 2.19. The summed E-state index contributed by atoms with van der Waals surface area (Å²) in [7, 11) is 0. The fourth-order valence-corrected chi connectivity index (χ4v) is 2.23. The van der Waals surface area contributed by atoms with E-state index in [2.05, 4.69) is 18.7 Å². The monoisotopic (exact) mass is 283 g/mol. The van der Waals surface area contributed by atoms with Gasteiger partial charge in [-0.1, -0.05) is 0 Å². The lowest BCUT2D eigenvalue weighted by Crippen LogP contribution is -2.39. The second kappa shape index (κ2) is 5.40. The highest BCUT2D eigenvalue weighted by Gasteiger charge is 2.20. The first-order chi connectivity index (χ1) is 5.74. The zero-order valence-corrected chi connectivity index (χ0v) is 10.1. The van der Waals surface area contributed by atoms with Crippen LogP contribution in [0, 0.1) is 5.92 Å². The van der Waals surface area contributed by atoms with Crippen LogP contribution in [0.1, 0.15) is 26.7 Å². The van der Waals surface area contributed by atoms with E-state index in [0.29, 0.717) is 6.04 Å². The molecule has 0 aromatic rings. The van der Waals surface area contributed by atoms with E-state index in [0.717, 1.165) is 12.5 Å². The zero-order chi connectivity index (χ0) is 8.97. The molecule has 12 heavy (non-hydrogen) atoms. The van der Waals surface area contributed by atoms with Crippen molar-refractivity contribution in [1.29, 1.82) is 0 Å². The number of nitrogens with zero attached hydrogens (tertiary/aromatic N) is 1. The number of piperidine rings is 1. The third kappa shape index (κ3) is 3.18. The van der Waals surface area contributed by atoms with Crippen LogP contribution in [-0.2, 0) is 3.07 Å². The molecule has 1 fully saturated rings. The summed E-state index contributed by atoms with van der Waals surface area (Å²) < 4.78 is 5.13. The molecule has 0 aromatic carbocycles. The van der Waals surface area contributed by atoms with Crippen LogP contribution in [0.3, 0.4) is 0 Å². The number of likely N-dealkylation sites (tertiary alicyclic amines) is 1. The molecule has 1 heterocycles. The van der Waals surface area contributed by atoms with Crippen LogP contribution < -0.4 is 0 Å². The second-order valence-corrected chi connectivity index (χ2v) is 4.47. The van der Waals surface area contributed by atoms with Gasteiger partial charge in [0.15, 0.2) is 0 Å². The third-order valence-electron chi connectivity index (χ3n) is 2.68. The lowest BCUT2D eigenvalue weighted by atomic mass is 9.97. The van der Waals surface area contributed by atoms with Crippen LogP contribution in [0.5, 0.6) is 0 Å². The molecular formula is C9H18INO. The van der Waals surface area contributed by atoms with Gasteiger partial charge < -0.3 is 7.97 Å². The topological polar surface area (TPSA) is 12.5 Å². The Hall–Kier alpha value is 0.650. The largest absolute Gasteiger partial charge is 0.316 e. The van der Waals surface area contributed by atoms with E-state index in [1.54, 1.807) is 0 Å². The molecule has 1 saturated heterocycles. The summed E-state index contributed by atoms with van der Waals surface area (Å²) >= 11 is 1.99. The second-order valence-electron chi connectivity index (χ2n) is 3.85. The normalized spacial score (nSPS) is 22.0. The van der Waals surface area contributed by atoms with Gasteiger partial charge in [-0.2, -0.15) is 0 Å². The standard InChI is InChI=1S/C9H18INO/c1-8(2)11-5-3-9(4-6-11)7-12-10/h8-9H,3-7H2,1-2H3. The molecule has 72 valence electrons. The Kier molecular flexibility index (Phi) is 4.82. The van der Waals surface area contributed by atoms with Gasteiger partial charge in [0.05, 0.1) is 6.61 Å². The Morgan fingerprint density at radius 2 is 2.00 bits per heavy atom. The predicted octanol–water partition coefficient (Wildman–Crippen LogP) is 2.47. The zero-order valence-electron chi connectivity index (χ0n) is 7.92. The first kappa shape index (κ1) is 10.7. The van der Waals surface area contributed by atoms with Crippen molar-refractivity contribution in [3.05, 3.63) is 0 Å². The number of hydrogen-bond donors (Lipinski definition) is 0. The van der Waals surface area contributed by atoms with Gasteiger partial charge in [-0.3, -0.25) is 0 Å². The molecule has 0 atom stereocenters. The molecule has 0 radical (unpaired) electrons. The average molecular weight is 283 g/mol. The SMILES string of the molecule is CC(C)N1CCC(COI)CC1. The van der Waals surface area contributed by atoms with Gasteiger partial charge in [-0.25, -0.2) is 0 Å². The minimum absolute atomic E-state index is 0.714. The number of hydrogen-bond acceptors (Lipinski definition) is 2. The molecule has 2 nitrogen and oxygen atoms in total. The summed E-state index contributed by atoms with van der Waals surface area (Å²) in [5.74, 6) is 0.803. The molecule has 0 amide bonds. The van der Waals surface area contributed by atoms with Crippen LogP contribution in [0.2, 0.25) is 0 Å². The average Bonchev–Trinajstić information content (AvgIpc) is 2.06. The molecule has 0 saturated carbocycles. The Morgan fingerprint density at radius 1 is 1.42 bits per heavy atom. The van der Waals surface area contributed by atoms with Crippen LogP contribution in [0.4, 0.5) is 0 Å². The minimum atomic E-state index is 0.714. The highest BCUT2D eigenvalue weighted by molar-refractivity contribution is 14.1. The smallest absolute Gasteiger partial charge is 0.109 e. The summed E-state index contributed by atoms with van der Waals surface area (Å²) in [4.78, 5) is 2.55. The predicted molar refractivity (Wildman–Crippen MR) is 59.4 cm³/mol. The number of halogens is 1. The van der Waals surface area contributed by atoms with E-state index >= 15 is 0 Å². The van der Waals surface area contributed by atoms with E-state index in [1.807, 2.05) is 23.0 Å².